The normalized spacial score (nSPS) is 15.3. The van der Waals surface area contributed by atoms with Gasteiger partial charge in [-0.1, -0.05) is 13.8 Å². The van der Waals surface area contributed by atoms with Crippen molar-refractivity contribution in [2.75, 3.05) is 6.61 Å². The van der Waals surface area contributed by atoms with Crippen LogP contribution in [0.4, 0.5) is 4.39 Å². The predicted molar refractivity (Wildman–Crippen MR) is 49.5 cm³/mol. The molecule has 70 valence electrons. The van der Waals surface area contributed by atoms with E-state index in [1.807, 2.05) is 20.8 Å². The maximum Gasteiger partial charge on any atom is 0.100 e. The third-order valence-electron chi connectivity index (χ3n) is 1.39. The summed E-state index contributed by atoms with van der Waals surface area (Å²) in [5.41, 5.74) is 0. The van der Waals surface area contributed by atoms with E-state index in [1.165, 1.54) is 6.08 Å². The minimum atomic E-state index is -0.0524. The van der Waals surface area contributed by atoms with Crippen LogP contribution in [0.2, 0.25) is 0 Å². The summed E-state index contributed by atoms with van der Waals surface area (Å²) < 4.78 is 17.5. The molecule has 0 aromatic heterocycles. The molecule has 0 aliphatic heterocycles. The van der Waals surface area contributed by atoms with Crippen molar-refractivity contribution in [3.05, 3.63) is 23.7 Å². The van der Waals surface area contributed by atoms with E-state index in [4.69, 9.17) is 4.74 Å². The van der Waals surface area contributed by atoms with Crippen molar-refractivity contribution in [3.63, 3.8) is 0 Å². The van der Waals surface area contributed by atoms with Gasteiger partial charge in [-0.25, -0.2) is 4.39 Å². The Morgan fingerprint density at radius 3 is 2.42 bits per heavy atom. The van der Waals surface area contributed by atoms with Crippen LogP contribution in [0, 0.1) is 0 Å². The van der Waals surface area contributed by atoms with Gasteiger partial charge in [0.1, 0.15) is 5.83 Å². The zero-order valence-electron chi connectivity index (χ0n) is 8.06. The molecule has 1 nitrogen and oxygen atoms in total. The standard InChI is InChI=1S/C8H11FO.C2H6/c1-2-10-8-5-3-7(9)4-6-8;1-2/h3,5H,2,4,6H2,1H3;1-2H3. The topological polar surface area (TPSA) is 9.23 Å². The first-order chi connectivity index (χ1) is 5.83. The Balaban J connectivity index is 0.000000561. The fourth-order valence-corrected chi connectivity index (χ4v) is 0.898. The Morgan fingerprint density at radius 1 is 1.33 bits per heavy atom. The molecule has 0 saturated carbocycles. The van der Waals surface area contributed by atoms with Crippen LogP contribution in [0.3, 0.4) is 0 Å². The van der Waals surface area contributed by atoms with E-state index in [0.717, 1.165) is 5.76 Å². The van der Waals surface area contributed by atoms with Crippen LogP contribution in [-0.4, -0.2) is 6.61 Å². The van der Waals surface area contributed by atoms with E-state index in [9.17, 15) is 4.39 Å². The molecule has 0 atom stereocenters. The van der Waals surface area contributed by atoms with Crippen LogP contribution in [0.1, 0.15) is 33.6 Å². The van der Waals surface area contributed by atoms with E-state index in [1.54, 1.807) is 6.08 Å². The van der Waals surface area contributed by atoms with Gasteiger partial charge in [-0.15, -0.1) is 0 Å². The number of hydrogen-bond acceptors (Lipinski definition) is 1. The molecule has 0 heterocycles. The van der Waals surface area contributed by atoms with E-state index in [0.29, 0.717) is 19.4 Å². The van der Waals surface area contributed by atoms with Gasteiger partial charge in [0.2, 0.25) is 0 Å². The van der Waals surface area contributed by atoms with Gasteiger partial charge in [-0.2, -0.15) is 0 Å². The third-order valence-corrected chi connectivity index (χ3v) is 1.39. The molecule has 0 N–H and O–H groups in total. The Morgan fingerprint density at radius 2 is 2.00 bits per heavy atom. The van der Waals surface area contributed by atoms with Crippen LogP contribution in [0.15, 0.2) is 23.7 Å². The predicted octanol–water partition coefficient (Wildman–Crippen LogP) is 3.58. The molecule has 1 rings (SSSR count). The van der Waals surface area contributed by atoms with Crippen LogP contribution in [-0.2, 0) is 4.74 Å². The first kappa shape index (κ1) is 11.2. The van der Waals surface area contributed by atoms with Crippen molar-refractivity contribution < 1.29 is 9.13 Å². The average molecular weight is 172 g/mol. The van der Waals surface area contributed by atoms with Crippen molar-refractivity contribution in [2.45, 2.75) is 33.6 Å². The van der Waals surface area contributed by atoms with Gasteiger partial charge in [-0.3, -0.25) is 0 Å². The molecule has 0 saturated heterocycles. The highest BCUT2D eigenvalue weighted by molar-refractivity contribution is 5.16. The van der Waals surface area contributed by atoms with Gasteiger partial charge in [-0.05, 0) is 19.1 Å². The van der Waals surface area contributed by atoms with Gasteiger partial charge in [0.25, 0.3) is 0 Å². The molecule has 12 heavy (non-hydrogen) atoms. The molecule has 0 amide bonds. The molecule has 0 spiro atoms. The molecular formula is C10H17FO. The number of rotatable bonds is 2. The van der Waals surface area contributed by atoms with Crippen molar-refractivity contribution in [3.8, 4) is 0 Å². The molecule has 0 aromatic carbocycles. The Kier molecular flexibility index (Phi) is 6.44. The Bertz CT molecular complexity index is 167. The van der Waals surface area contributed by atoms with Crippen LogP contribution >= 0.6 is 0 Å². The molecule has 0 bridgehead atoms. The van der Waals surface area contributed by atoms with Crippen molar-refractivity contribution in [2.24, 2.45) is 0 Å². The summed E-state index contributed by atoms with van der Waals surface area (Å²) in [4.78, 5) is 0. The van der Waals surface area contributed by atoms with Crippen LogP contribution in [0.5, 0.6) is 0 Å². The minimum Gasteiger partial charge on any atom is -0.498 e. The average Bonchev–Trinajstić information content (AvgIpc) is 2.13. The summed E-state index contributed by atoms with van der Waals surface area (Å²) in [5, 5.41) is 0. The van der Waals surface area contributed by atoms with Crippen molar-refractivity contribution >= 4 is 0 Å². The molecular weight excluding hydrogens is 155 g/mol. The lowest BCUT2D eigenvalue weighted by Gasteiger charge is -2.09. The zero-order chi connectivity index (χ0) is 9.40. The van der Waals surface area contributed by atoms with Crippen LogP contribution < -0.4 is 0 Å². The first-order valence-electron chi connectivity index (χ1n) is 4.51. The molecule has 1 aliphatic rings. The van der Waals surface area contributed by atoms with Crippen molar-refractivity contribution in [1.29, 1.82) is 0 Å². The maximum absolute atomic E-state index is 12.4. The quantitative estimate of drug-likeness (QED) is 0.618. The van der Waals surface area contributed by atoms with Gasteiger partial charge >= 0.3 is 0 Å². The molecule has 0 unspecified atom stereocenters. The molecule has 2 heteroatoms. The van der Waals surface area contributed by atoms with Gasteiger partial charge in [0.15, 0.2) is 0 Å². The maximum atomic E-state index is 12.4. The van der Waals surface area contributed by atoms with Crippen molar-refractivity contribution in [1.82, 2.24) is 0 Å². The Hall–Kier alpha value is -0.790. The monoisotopic (exact) mass is 172 g/mol. The summed E-state index contributed by atoms with van der Waals surface area (Å²) >= 11 is 0. The minimum absolute atomic E-state index is 0.0524. The number of allylic oxidation sites excluding steroid dienone is 4. The largest absolute Gasteiger partial charge is 0.498 e. The summed E-state index contributed by atoms with van der Waals surface area (Å²) in [5.74, 6) is 0.840. The summed E-state index contributed by atoms with van der Waals surface area (Å²) in [6.07, 6.45) is 4.36. The fourth-order valence-electron chi connectivity index (χ4n) is 0.898. The van der Waals surface area contributed by atoms with E-state index >= 15 is 0 Å². The highest BCUT2D eigenvalue weighted by Gasteiger charge is 2.04. The number of hydrogen-bond donors (Lipinski definition) is 0. The summed E-state index contributed by atoms with van der Waals surface area (Å²) in [6.45, 7) is 6.59. The zero-order valence-corrected chi connectivity index (χ0v) is 8.06. The smallest absolute Gasteiger partial charge is 0.100 e. The number of halogens is 1. The lowest BCUT2D eigenvalue weighted by atomic mass is 10.1. The van der Waals surface area contributed by atoms with Crippen LogP contribution in [0.25, 0.3) is 0 Å². The Labute approximate surface area is 73.9 Å². The second-order valence-corrected chi connectivity index (χ2v) is 2.18. The second kappa shape index (κ2) is 6.89. The van der Waals surface area contributed by atoms with Gasteiger partial charge < -0.3 is 4.74 Å². The lowest BCUT2D eigenvalue weighted by molar-refractivity contribution is 0.215. The third kappa shape index (κ3) is 4.16. The second-order valence-electron chi connectivity index (χ2n) is 2.18. The van der Waals surface area contributed by atoms with E-state index in [2.05, 4.69) is 0 Å². The fraction of sp³-hybridized carbons (Fsp3) is 0.600. The molecule has 1 aliphatic carbocycles. The van der Waals surface area contributed by atoms with E-state index in [-0.39, 0.29) is 5.83 Å². The molecule has 0 fully saturated rings. The molecule has 0 radical (unpaired) electrons. The SMILES string of the molecule is CC.CCOC1=CC=C(F)CC1. The summed E-state index contributed by atoms with van der Waals surface area (Å²) in [6, 6.07) is 0. The summed E-state index contributed by atoms with van der Waals surface area (Å²) in [7, 11) is 0. The van der Waals surface area contributed by atoms with Gasteiger partial charge in [0, 0.05) is 12.8 Å². The molecule has 0 aromatic rings. The highest BCUT2D eigenvalue weighted by Crippen LogP contribution is 2.19. The van der Waals surface area contributed by atoms with Gasteiger partial charge in [0.05, 0.1) is 12.4 Å². The lowest BCUT2D eigenvalue weighted by Crippen LogP contribution is -1.95. The first-order valence-corrected chi connectivity index (χ1v) is 4.51. The number of ether oxygens (including phenoxy) is 1. The van der Waals surface area contributed by atoms with E-state index < -0.39 is 0 Å². The highest BCUT2D eigenvalue weighted by atomic mass is 19.1.